The van der Waals surface area contributed by atoms with E-state index in [0.717, 1.165) is 24.3 Å². The summed E-state index contributed by atoms with van der Waals surface area (Å²) in [6, 6.07) is 15.0. The molecule has 1 aliphatic heterocycles. The van der Waals surface area contributed by atoms with Crippen LogP contribution in [-0.4, -0.2) is 78.2 Å². The van der Waals surface area contributed by atoms with Crippen LogP contribution in [0.5, 0.6) is 0 Å². The first-order valence-electron chi connectivity index (χ1n) is 11.1. The smallest absolute Gasteiger partial charge is 0.411 e. The molecule has 0 bridgehead atoms. The minimum absolute atomic E-state index is 0.118. The molecular formula is C23H28ClN7O3. The molecule has 0 aliphatic carbocycles. The average Bonchev–Trinajstić information content (AvgIpc) is 3.30. The molecule has 2 aromatic carbocycles. The van der Waals surface area contributed by atoms with E-state index in [1.54, 1.807) is 28.9 Å². The van der Waals surface area contributed by atoms with E-state index >= 15 is 0 Å². The van der Waals surface area contributed by atoms with Gasteiger partial charge in [-0.3, -0.25) is 10.2 Å². The van der Waals surface area contributed by atoms with Crippen molar-refractivity contribution in [2.45, 2.75) is 12.6 Å². The number of ether oxygens (including phenoxy) is 2. The summed E-state index contributed by atoms with van der Waals surface area (Å²) >= 11 is 5.87. The quantitative estimate of drug-likeness (QED) is 0.520. The summed E-state index contributed by atoms with van der Waals surface area (Å²) in [5.74, 6) is 0.696. The van der Waals surface area contributed by atoms with Crippen LogP contribution >= 0.6 is 11.6 Å². The molecule has 1 saturated heterocycles. The first-order valence-corrected chi connectivity index (χ1v) is 11.4. The van der Waals surface area contributed by atoms with Gasteiger partial charge < -0.3 is 14.4 Å². The summed E-state index contributed by atoms with van der Waals surface area (Å²) in [6.45, 7) is 3.30. The first-order chi connectivity index (χ1) is 16.5. The molecule has 1 atom stereocenters. The molecule has 0 saturated carbocycles. The Bertz CT molecular complexity index is 1070. The molecule has 1 fully saturated rings. The maximum absolute atomic E-state index is 12.1. The lowest BCUT2D eigenvalue weighted by atomic mass is 10.0. The minimum atomic E-state index is -0.555. The third kappa shape index (κ3) is 6.02. The van der Waals surface area contributed by atoms with Gasteiger partial charge in [-0.1, -0.05) is 23.7 Å². The average molecular weight is 486 g/mol. The van der Waals surface area contributed by atoms with Crippen molar-refractivity contribution in [2.75, 3.05) is 57.2 Å². The van der Waals surface area contributed by atoms with Gasteiger partial charge in [-0.25, -0.2) is 9.48 Å². The van der Waals surface area contributed by atoms with Crippen molar-refractivity contribution in [3.8, 4) is 0 Å². The van der Waals surface area contributed by atoms with E-state index in [9.17, 15) is 4.79 Å². The number of morpholine rings is 1. The van der Waals surface area contributed by atoms with E-state index in [1.807, 2.05) is 14.1 Å². The second-order valence-corrected chi connectivity index (χ2v) is 8.50. The zero-order chi connectivity index (χ0) is 23.9. The van der Waals surface area contributed by atoms with E-state index in [4.69, 9.17) is 21.1 Å². The predicted octanol–water partition coefficient (Wildman–Crippen LogP) is 3.06. The summed E-state index contributed by atoms with van der Waals surface area (Å²) in [4.78, 5) is 16.5. The van der Waals surface area contributed by atoms with Crippen molar-refractivity contribution in [1.29, 1.82) is 0 Å². The third-order valence-corrected chi connectivity index (χ3v) is 5.82. The largest absolute Gasteiger partial charge is 0.447 e. The standard InChI is InChI=1S/C23H28ClN7O3/c1-29(2)20-9-3-17(4-10-20)21(30-11-14-33-15-12-30)22-26-27-28-31(22)13-16-34-23(32)25-19-7-5-18(24)6-8-19/h3-10,21H,11-16H2,1-2H3,(H,25,32)/t21-/m0/s1. The zero-order valence-corrected chi connectivity index (χ0v) is 20.0. The molecule has 1 amide bonds. The first kappa shape index (κ1) is 23.9. The minimum Gasteiger partial charge on any atom is -0.447 e. The van der Waals surface area contributed by atoms with Crippen molar-refractivity contribution < 1.29 is 14.3 Å². The van der Waals surface area contributed by atoms with Crippen molar-refractivity contribution in [1.82, 2.24) is 25.1 Å². The number of nitrogens with zero attached hydrogens (tertiary/aromatic N) is 6. The summed E-state index contributed by atoms with van der Waals surface area (Å²) in [5, 5.41) is 15.7. The molecule has 1 N–H and O–H groups in total. The van der Waals surface area contributed by atoms with Crippen LogP contribution in [0.2, 0.25) is 5.02 Å². The van der Waals surface area contributed by atoms with Gasteiger partial charge in [0.05, 0.1) is 25.8 Å². The Hall–Kier alpha value is -3.21. The Balaban J connectivity index is 1.45. The highest BCUT2D eigenvalue weighted by Crippen LogP contribution is 2.29. The second-order valence-electron chi connectivity index (χ2n) is 8.06. The number of hydrogen-bond donors (Lipinski definition) is 1. The number of amides is 1. The zero-order valence-electron chi connectivity index (χ0n) is 19.2. The van der Waals surface area contributed by atoms with Crippen LogP contribution in [0.1, 0.15) is 17.4 Å². The van der Waals surface area contributed by atoms with Gasteiger partial charge in [-0.2, -0.15) is 0 Å². The Morgan fingerprint density at radius 2 is 1.85 bits per heavy atom. The number of carbonyl (C=O) groups excluding carboxylic acids is 1. The van der Waals surface area contributed by atoms with Crippen molar-refractivity contribution >= 4 is 29.1 Å². The van der Waals surface area contributed by atoms with Crippen molar-refractivity contribution in [3.05, 3.63) is 64.9 Å². The van der Waals surface area contributed by atoms with Gasteiger partial charge >= 0.3 is 6.09 Å². The van der Waals surface area contributed by atoms with Crippen LogP contribution in [0, 0.1) is 0 Å². The number of carbonyl (C=O) groups is 1. The summed E-state index contributed by atoms with van der Waals surface area (Å²) < 4.78 is 12.6. The fraction of sp³-hybridized carbons (Fsp3) is 0.391. The van der Waals surface area contributed by atoms with Crippen LogP contribution in [0.3, 0.4) is 0 Å². The normalized spacial score (nSPS) is 15.0. The van der Waals surface area contributed by atoms with Crippen LogP contribution in [0.25, 0.3) is 0 Å². The number of anilines is 2. The van der Waals surface area contributed by atoms with Crippen LogP contribution in [-0.2, 0) is 16.0 Å². The van der Waals surface area contributed by atoms with E-state index in [-0.39, 0.29) is 12.6 Å². The Kier molecular flexibility index (Phi) is 7.94. The number of tetrazole rings is 1. The molecule has 10 nitrogen and oxygen atoms in total. The van der Waals surface area contributed by atoms with Gasteiger partial charge in [-0.05, 0) is 52.4 Å². The molecule has 0 spiro atoms. The summed E-state index contributed by atoms with van der Waals surface area (Å²) in [6.07, 6.45) is -0.555. The topological polar surface area (TPSA) is 97.6 Å². The number of nitrogens with one attached hydrogen (secondary N) is 1. The number of hydrogen-bond acceptors (Lipinski definition) is 8. The molecule has 34 heavy (non-hydrogen) atoms. The monoisotopic (exact) mass is 485 g/mol. The van der Waals surface area contributed by atoms with Crippen molar-refractivity contribution in [2.24, 2.45) is 0 Å². The Morgan fingerprint density at radius 3 is 2.53 bits per heavy atom. The lowest BCUT2D eigenvalue weighted by molar-refractivity contribution is 0.0214. The third-order valence-electron chi connectivity index (χ3n) is 5.57. The van der Waals surface area contributed by atoms with Crippen LogP contribution in [0.15, 0.2) is 48.5 Å². The maximum Gasteiger partial charge on any atom is 0.411 e. The molecule has 11 heteroatoms. The molecule has 0 radical (unpaired) electrons. The highest BCUT2D eigenvalue weighted by Gasteiger charge is 2.29. The van der Waals surface area contributed by atoms with Crippen LogP contribution in [0.4, 0.5) is 16.2 Å². The van der Waals surface area contributed by atoms with Gasteiger partial charge in [0.25, 0.3) is 0 Å². The number of aromatic nitrogens is 4. The van der Waals surface area contributed by atoms with Gasteiger partial charge in [0.1, 0.15) is 6.61 Å². The highest BCUT2D eigenvalue weighted by molar-refractivity contribution is 6.30. The van der Waals surface area contributed by atoms with Gasteiger partial charge in [-0.15, -0.1) is 5.10 Å². The molecule has 0 unspecified atom stereocenters. The molecule has 180 valence electrons. The van der Waals surface area contributed by atoms with Gasteiger partial charge in [0, 0.05) is 43.6 Å². The van der Waals surface area contributed by atoms with E-state index in [0.29, 0.717) is 36.3 Å². The van der Waals surface area contributed by atoms with E-state index in [2.05, 4.69) is 54.9 Å². The molecule has 1 aliphatic rings. The maximum atomic E-state index is 12.1. The predicted molar refractivity (Wildman–Crippen MR) is 129 cm³/mol. The summed E-state index contributed by atoms with van der Waals surface area (Å²) in [7, 11) is 4.02. The fourth-order valence-electron chi connectivity index (χ4n) is 3.79. The lowest BCUT2D eigenvalue weighted by Gasteiger charge is -2.34. The molecule has 3 aromatic rings. The number of benzene rings is 2. The van der Waals surface area contributed by atoms with Gasteiger partial charge in [0.2, 0.25) is 0 Å². The van der Waals surface area contributed by atoms with E-state index < -0.39 is 6.09 Å². The van der Waals surface area contributed by atoms with E-state index in [1.165, 1.54) is 0 Å². The number of halogens is 1. The number of rotatable bonds is 8. The molecular weight excluding hydrogens is 458 g/mol. The Morgan fingerprint density at radius 1 is 1.15 bits per heavy atom. The highest BCUT2D eigenvalue weighted by atomic mass is 35.5. The van der Waals surface area contributed by atoms with Crippen molar-refractivity contribution in [3.63, 3.8) is 0 Å². The summed E-state index contributed by atoms with van der Waals surface area (Å²) in [5.41, 5.74) is 2.81. The molecule has 1 aromatic heterocycles. The fourth-order valence-corrected chi connectivity index (χ4v) is 3.92. The molecule has 2 heterocycles. The van der Waals surface area contributed by atoms with Gasteiger partial charge in [0.15, 0.2) is 5.82 Å². The lowest BCUT2D eigenvalue weighted by Crippen LogP contribution is -2.40. The van der Waals surface area contributed by atoms with Crippen LogP contribution < -0.4 is 10.2 Å². The molecule has 4 rings (SSSR count). The second kappa shape index (κ2) is 11.3. The SMILES string of the molecule is CN(C)c1ccc([C@@H](c2nnnn2CCOC(=O)Nc2ccc(Cl)cc2)N2CCOCC2)cc1. The Labute approximate surface area is 203 Å².